The van der Waals surface area contributed by atoms with Gasteiger partial charge in [-0.1, -0.05) is 6.92 Å². The first-order valence-corrected chi connectivity index (χ1v) is 6.75. The van der Waals surface area contributed by atoms with Crippen LogP contribution in [0.2, 0.25) is 0 Å². The molecule has 1 amide bonds. The van der Waals surface area contributed by atoms with E-state index >= 15 is 0 Å². The van der Waals surface area contributed by atoms with Gasteiger partial charge in [-0.3, -0.25) is 4.79 Å². The van der Waals surface area contributed by atoms with E-state index in [4.69, 9.17) is 9.84 Å². The number of methoxy groups -OCH3 is 1. The Kier molecular flexibility index (Phi) is 5.96. The minimum absolute atomic E-state index is 0.343. The standard InChI is InChI=1S/C16H21NO4/c1-5-14(16(19)20)17-15(18)7-6-13-10(2)8-12(21-4)9-11(13)3/h6-9,14H,5H2,1-4H3,(H,17,18)(H,19,20)/b7-6+. The molecule has 0 aliphatic carbocycles. The SMILES string of the molecule is CCC(NC(=O)/C=C/c1c(C)cc(OC)cc1C)C(=O)O. The molecule has 21 heavy (non-hydrogen) atoms. The average molecular weight is 291 g/mol. The number of amides is 1. The summed E-state index contributed by atoms with van der Waals surface area (Å²) >= 11 is 0. The van der Waals surface area contributed by atoms with Crippen molar-refractivity contribution in [3.05, 3.63) is 34.9 Å². The Balaban J connectivity index is 2.86. The second-order valence-corrected chi connectivity index (χ2v) is 4.82. The maximum absolute atomic E-state index is 11.7. The van der Waals surface area contributed by atoms with Crippen LogP contribution in [-0.4, -0.2) is 30.1 Å². The van der Waals surface area contributed by atoms with Crippen molar-refractivity contribution >= 4 is 18.0 Å². The van der Waals surface area contributed by atoms with Gasteiger partial charge < -0.3 is 15.2 Å². The molecule has 0 bridgehead atoms. The fourth-order valence-corrected chi connectivity index (χ4v) is 2.03. The predicted molar refractivity (Wildman–Crippen MR) is 81.4 cm³/mol. The first-order chi connectivity index (χ1) is 9.88. The Morgan fingerprint density at radius 2 is 1.90 bits per heavy atom. The van der Waals surface area contributed by atoms with E-state index in [0.29, 0.717) is 6.42 Å². The zero-order valence-electron chi connectivity index (χ0n) is 12.8. The summed E-state index contributed by atoms with van der Waals surface area (Å²) < 4.78 is 5.18. The van der Waals surface area contributed by atoms with Crippen molar-refractivity contribution in [2.24, 2.45) is 0 Å². The second kappa shape index (κ2) is 7.47. The van der Waals surface area contributed by atoms with Crippen molar-refractivity contribution in [2.45, 2.75) is 33.2 Å². The normalized spacial score (nSPS) is 12.2. The highest BCUT2D eigenvalue weighted by Crippen LogP contribution is 2.22. The molecule has 114 valence electrons. The number of hydrogen-bond donors (Lipinski definition) is 2. The van der Waals surface area contributed by atoms with Crippen LogP contribution in [0.5, 0.6) is 5.75 Å². The van der Waals surface area contributed by atoms with Gasteiger partial charge in [0.05, 0.1) is 7.11 Å². The van der Waals surface area contributed by atoms with E-state index in [0.717, 1.165) is 22.4 Å². The number of aryl methyl sites for hydroxylation is 2. The smallest absolute Gasteiger partial charge is 0.326 e. The van der Waals surface area contributed by atoms with Gasteiger partial charge in [0.2, 0.25) is 5.91 Å². The summed E-state index contributed by atoms with van der Waals surface area (Å²) in [6.45, 7) is 5.57. The summed E-state index contributed by atoms with van der Waals surface area (Å²) in [6.07, 6.45) is 3.39. The number of carbonyl (C=O) groups is 2. The lowest BCUT2D eigenvalue weighted by atomic mass is 10.0. The van der Waals surface area contributed by atoms with Crippen molar-refractivity contribution in [2.75, 3.05) is 7.11 Å². The molecular formula is C16H21NO4. The number of carboxylic acid groups (broad SMARTS) is 1. The van der Waals surface area contributed by atoms with Gasteiger partial charge in [0.1, 0.15) is 11.8 Å². The Hall–Kier alpha value is -2.30. The monoisotopic (exact) mass is 291 g/mol. The third-order valence-electron chi connectivity index (χ3n) is 3.23. The third-order valence-corrected chi connectivity index (χ3v) is 3.23. The Morgan fingerprint density at radius 1 is 1.33 bits per heavy atom. The van der Waals surface area contributed by atoms with Gasteiger partial charge in [-0.25, -0.2) is 4.79 Å². The molecule has 1 rings (SSSR count). The summed E-state index contributed by atoms with van der Waals surface area (Å²) in [6, 6.07) is 2.91. The highest BCUT2D eigenvalue weighted by molar-refractivity contribution is 5.94. The number of nitrogens with one attached hydrogen (secondary N) is 1. The largest absolute Gasteiger partial charge is 0.497 e. The number of aliphatic carboxylic acids is 1. The molecule has 0 radical (unpaired) electrons. The van der Waals surface area contributed by atoms with Gasteiger partial charge in [0.15, 0.2) is 0 Å². The Morgan fingerprint density at radius 3 is 2.33 bits per heavy atom. The molecule has 0 saturated heterocycles. The number of carbonyl (C=O) groups excluding carboxylic acids is 1. The molecule has 0 heterocycles. The van der Waals surface area contributed by atoms with Crippen LogP contribution in [0.1, 0.15) is 30.0 Å². The number of rotatable bonds is 6. The van der Waals surface area contributed by atoms with Crippen LogP contribution in [0, 0.1) is 13.8 Å². The summed E-state index contributed by atoms with van der Waals surface area (Å²) in [7, 11) is 1.61. The molecule has 0 aromatic heterocycles. The van der Waals surface area contributed by atoms with E-state index in [9.17, 15) is 9.59 Å². The van der Waals surface area contributed by atoms with Crippen molar-refractivity contribution in [3.63, 3.8) is 0 Å². The second-order valence-electron chi connectivity index (χ2n) is 4.82. The number of ether oxygens (including phenoxy) is 1. The average Bonchev–Trinajstić information content (AvgIpc) is 2.43. The Bertz CT molecular complexity index is 540. The van der Waals surface area contributed by atoms with E-state index < -0.39 is 17.9 Å². The molecule has 1 unspecified atom stereocenters. The van der Waals surface area contributed by atoms with Crippen LogP contribution >= 0.6 is 0 Å². The van der Waals surface area contributed by atoms with Gasteiger partial charge >= 0.3 is 5.97 Å². The molecule has 0 spiro atoms. The fraction of sp³-hybridized carbons (Fsp3) is 0.375. The van der Waals surface area contributed by atoms with Crippen molar-refractivity contribution in [1.29, 1.82) is 0 Å². The van der Waals surface area contributed by atoms with Crippen molar-refractivity contribution in [3.8, 4) is 5.75 Å². The third kappa shape index (κ3) is 4.63. The van der Waals surface area contributed by atoms with Crippen LogP contribution < -0.4 is 10.1 Å². The first kappa shape index (κ1) is 16.8. The van der Waals surface area contributed by atoms with Crippen LogP contribution in [0.15, 0.2) is 18.2 Å². The first-order valence-electron chi connectivity index (χ1n) is 6.75. The minimum atomic E-state index is -1.03. The molecule has 1 aromatic rings. The van der Waals surface area contributed by atoms with Crippen LogP contribution in [0.3, 0.4) is 0 Å². The molecule has 1 aromatic carbocycles. The molecule has 5 nitrogen and oxygen atoms in total. The molecule has 1 atom stereocenters. The summed E-state index contributed by atoms with van der Waals surface area (Å²) in [5.74, 6) is -0.682. The zero-order chi connectivity index (χ0) is 16.0. The van der Waals surface area contributed by atoms with E-state index in [-0.39, 0.29) is 0 Å². The van der Waals surface area contributed by atoms with Gasteiger partial charge in [-0.15, -0.1) is 0 Å². The molecule has 5 heteroatoms. The lowest BCUT2D eigenvalue weighted by Crippen LogP contribution is -2.39. The number of carboxylic acids is 1. The molecule has 0 aliphatic heterocycles. The molecule has 0 aliphatic rings. The van der Waals surface area contributed by atoms with E-state index in [2.05, 4.69) is 5.32 Å². The van der Waals surface area contributed by atoms with E-state index in [1.54, 1.807) is 20.1 Å². The molecule has 0 fully saturated rings. The lowest BCUT2D eigenvalue weighted by Gasteiger charge is -2.11. The summed E-state index contributed by atoms with van der Waals surface area (Å²) in [4.78, 5) is 22.6. The van der Waals surface area contributed by atoms with E-state index in [1.165, 1.54) is 6.08 Å². The predicted octanol–water partition coefficient (Wildman–Crippen LogP) is 2.30. The minimum Gasteiger partial charge on any atom is -0.497 e. The van der Waals surface area contributed by atoms with Crippen molar-refractivity contribution < 1.29 is 19.4 Å². The zero-order valence-corrected chi connectivity index (χ0v) is 12.8. The number of hydrogen-bond acceptors (Lipinski definition) is 3. The quantitative estimate of drug-likeness (QED) is 0.789. The molecule has 2 N–H and O–H groups in total. The summed E-state index contributed by atoms with van der Waals surface area (Å²) in [5.41, 5.74) is 2.90. The number of benzene rings is 1. The fourth-order valence-electron chi connectivity index (χ4n) is 2.03. The highest BCUT2D eigenvalue weighted by atomic mass is 16.5. The van der Waals surface area contributed by atoms with Crippen LogP contribution in [-0.2, 0) is 9.59 Å². The lowest BCUT2D eigenvalue weighted by molar-refractivity contribution is -0.141. The van der Waals surface area contributed by atoms with Gasteiger partial charge in [0, 0.05) is 6.08 Å². The maximum atomic E-state index is 11.7. The van der Waals surface area contributed by atoms with Gasteiger partial charge in [0.25, 0.3) is 0 Å². The molecule has 0 saturated carbocycles. The highest BCUT2D eigenvalue weighted by Gasteiger charge is 2.15. The van der Waals surface area contributed by atoms with Crippen molar-refractivity contribution in [1.82, 2.24) is 5.32 Å². The van der Waals surface area contributed by atoms with Crippen LogP contribution in [0.25, 0.3) is 6.08 Å². The topological polar surface area (TPSA) is 75.6 Å². The van der Waals surface area contributed by atoms with E-state index in [1.807, 2.05) is 26.0 Å². The maximum Gasteiger partial charge on any atom is 0.326 e. The summed E-state index contributed by atoms with van der Waals surface area (Å²) in [5, 5.41) is 11.3. The van der Waals surface area contributed by atoms with Gasteiger partial charge in [-0.05, 0) is 55.2 Å². The van der Waals surface area contributed by atoms with Gasteiger partial charge in [-0.2, -0.15) is 0 Å². The van der Waals surface area contributed by atoms with Crippen LogP contribution in [0.4, 0.5) is 0 Å². The molecular weight excluding hydrogens is 270 g/mol. The Labute approximate surface area is 124 Å².